The van der Waals surface area contributed by atoms with E-state index in [0.717, 1.165) is 36.2 Å². The van der Waals surface area contributed by atoms with Crippen molar-refractivity contribution >= 4 is 62.3 Å². The molecule has 0 heterocycles. The number of rotatable bonds is 10. The number of sulfonamides is 1. The van der Waals surface area contributed by atoms with Gasteiger partial charge in [0.1, 0.15) is 12.6 Å². The van der Waals surface area contributed by atoms with E-state index < -0.39 is 28.5 Å². The molecule has 37 heavy (non-hydrogen) atoms. The monoisotopic (exact) mass is 587 g/mol. The number of anilines is 1. The van der Waals surface area contributed by atoms with Crippen LogP contribution in [-0.4, -0.2) is 50.0 Å². The maximum Gasteiger partial charge on any atom is 0.244 e. The third-order valence-electron chi connectivity index (χ3n) is 6.61. The van der Waals surface area contributed by atoms with Crippen LogP contribution >= 0.6 is 34.8 Å². The lowest BCUT2D eigenvalue weighted by Gasteiger charge is -2.33. The fraction of sp³-hybridized carbons (Fsp3) is 0.462. The van der Waals surface area contributed by atoms with Crippen LogP contribution in [0.3, 0.4) is 0 Å². The Balaban J connectivity index is 1.97. The second-order valence-corrected chi connectivity index (χ2v) is 12.5. The summed E-state index contributed by atoms with van der Waals surface area (Å²) in [7, 11) is -3.85. The molecule has 2 aromatic carbocycles. The van der Waals surface area contributed by atoms with Crippen LogP contribution in [-0.2, 0) is 26.2 Å². The van der Waals surface area contributed by atoms with Crippen LogP contribution in [0.5, 0.6) is 0 Å². The number of nitrogens with one attached hydrogen (secondary N) is 1. The molecule has 1 N–H and O–H groups in total. The summed E-state index contributed by atoms with van der Waals surface area (Å²) in [6.07, 6.45) is 5.29. The van der Waals surface area contributed by atoms with Gasteiger partial charge in [-0.1, -0.05) is 66.7 Å². The molecule has 1 saturated carbocycles. The standard InChI is InChI=1S/C26H32Cl3N3O4S/c1-4-23(26(34)30-19-8-5-6-9-19)31(15-18-12-13-21(28)22(29)14-18)25(33)16-32(37(3,35)36)24-11-7-10-20(27)17(24)2/h7,10-14,19,23H,4-6,8-9,15-16H2,1-3H3,(H,30,34). The number of carbonyl (C=O) groups excluding carboxylic acids is 2. The molecule has 1 aliphatic carbocycles. The average molecular weight is 589 g/mol. The molecule has 1 unspecified atom stereocenters. The highest BCUT2D eigenvalue weighted by atomic mass is 35.5. The fourth-order valence-corrected chi connectivity index (χ4v) is 5.97. The van der Waals surface area contributed by atoms with Crippen LogP contribution in [0.15, 0.2) is 36.4 Å². The Hall–Kier alpha value is -2.00. The predicted molar refractivity (Wildman–Crippen MR) is 150 cm³/mol. The Bertz CT molecular complexity index is 1250. The van der Waals surface area contributed by atoms with Gasteiger partial charge < -0.3 is 10.2 Å². The summed E-state index contributed by atoms with van der Waals surface area (Å²) in [6.45, 7) is 3.08. The van der Waals surface area contributed by atoms with Crippen molar-refractivity contribution in [3.05, 3.63) is 62.6 Å². The zero-order valence-electron chi connectivity index (χ0n) is 21.1. The number of hydrogen-bond acceptors (Lipinski definition) is 4. The van der Waals surface area contributed by atoms with Gasteiger partial charge in [0, 0.05) is 17.6 Å². The van der Waals surface area contributed by atoms with E-state index >= 15 is 0 Å². The first-order valence-corrected chi connectivity index (χ1v) is 15.2. The molecule has 0 spiro atoms. The second kappa shape index (κ2) is 12.7. The molecule has 0 radical (unpaired) electrons. The lowest BCUT2D eigenvalue weighted by atomic mass is 10.1. The highest BCUT2D eigenvalue weighted by Crippen LogP contribution is 2.29. The van der Waals surface area contributed by atoms with Crippen LogP contribution in [0.1, 0.15) is 50.2 Å². The van der Waals surface area contributed by atoms with E-state index in [4.69, 9.17) is 34.8 Å². The lowest BCUT2D eigenvalue weighted by molar-refractivity contribution is -0.140. The smallest absolute Gasteiger partial charge is 0.244 e. The van der Waals surface area contributed by atoms with E-state index in [9.17, 15) is 18.0 Å². The molecule has 1 fully saturated rings. The number of benzene rings is 2. The number of nitrogens with zero attached hydrogens (tertiary/aromatic N) is 2. The summed E-state index contributed by atoms with van der Waals surface area (Å²) in [6, 6.07) is 9.15. The van der Waals surface area contributed by atoms with Gasteiger partial charge >= 0.3 is 0 Å². The van der Waals surface area contributed by atoms with Gasteiger partial charge in [-0.15, -0.1) is 0 Å². The van der Waals surface area contributed by atoms with E-state index in [1.165, 1.54) is 4.90 Å². The zero-order valence-corrected chi connectivity index (χ0v) is 24.2. The third kappa shape index (κ3) is 7.53. The Morgan fingerprint density at radius 2 is 1.73 bits per heavy atom. The first kappa shape index (κ1) is 29.6. The molecule has 2 aromatic rings. The Labute approximate surface area is 234 Å². The van der Waals surface area contributed by atoms with Gasteiger partial charge in [0.15, 0.2) is 0 Å². The maximum absolute atomic E-state index is 13.8. The van der Waals surface area contributed by atoms with Crippen molar-refractivity contribution in [1.29, 1.82) is 0 Å². The van der Waals surface area contributed by atoms with Crippen molar-refractivity contribution in [1.82, 2.24) is 10.2 Å². The van der Waals surface area contributed by atoms with Gasteiger partial charge in [0.25, 0.3) is 0 Å². The molecule has 2 amide bonds. The van der Waals surface area contributed by atoms with Gasteiger partial charge in [-0.2, -0.15) is 0 Å². The summed E-state index contributed by atoms with van der Waals surface area (Å²) in [5.41, 5.74) is 1.51. The maximum atomic E-state index is 13.8. The molecule has 11 heteroatoms. The summed E-state index contributed by atoms with van der Waals surface area (Å²) < 4.78 is 26.6. The molecule has 202 valence electrons. The van der Waals surface area contributed by atoms with Gasteiger partial charge in [-0.25, -0.2) is 8.42 Å². The number of hydrogen-bond donors (Lipinski definition) is 1. The van der Waals surface area contributed by atoms with E-state index in [-0.39, 0.29) is 18.5 Å². The van der Waals surface area contributed by atoms with Gasteiger partial charge in [0.2, 0.25) is 21.8 Å². The molecule has 0 aliphatic heterocycles. The number of carbonyl (C=O) groups is 2. The minimum absolute atomic E-state index is 0.0540. The van der Waals surface area contributed by atoms with E-state index in [1.54, 1.807) is 43.3 Å². The molecule has 7 nitrogen and oxygen atoms in total. The van der Waals surface area contributed by atoms with Crippen molar-refractivity contribution in [3.8, 4) is 0 Å². The Morgan fingerprint density at radius 3 is 2.32 bits per heavy atom. The van der Waals surface area contributed by atoms with E-state index in [0.29, 0.717) is 38.3 Å². The van der Waals surface area contributed by atoms with Crippen molar-refractivity contribution in [2.24, 2.45) is 0 Å². The summed E-state index contributed by atoms with van der Waals surface area (Å²) >= 11 is 18.5. The highest BCUT2D eigenvalue weighted by molar-refractivity contribution is 7.92. The summed E-state index contributed by atoms with van der Waals surface area (Å²) in [5, 5.41) is 4.15. The number of halogens is 3. The van der Waals surface area contributed by atoms with Gasteiger partial charge in [0.05, 0.1) is 22.0 Å². The minimum atomic E-state index is -3.85. The van der Waals surface area contributed by atoms with Crippen LogP contribution in [0.4, 0.5) is 5.69 Å². The summed E-state index contributed by atoms with van der Waals surface area (Å²) in [4.78, 5) is 28.6. The third-order valence-corrected chi connectivity index (χ3v) is 8.89. The molecule has 0 bridgehead atoms. The quantitative estimate of drug-likeness (QED) is 0.392. The lowest BCUT2D eigenvalue weighted by Crippen LogP contribution is -2.53. The van der Waals surface area contributed by atoms with Crippen molar-refractivity contribution in [2.45, 2.75) is 64.6 Å². The molecule has 3 rings (SSSR count). The molecule has 1 atom stereocenters. The molecule has 0 aromatic heterocycles. The Morgan fingerprint density at radius 1 is 1.05 bits per heavy atom. The zero-order chi connectivity index (χ0) is 27.3. The van der Waals surface area contributed by atoms with Crippen LogP contribution in [0.25, 0.3) is 0 Å². The van der Waals surface area contributed by atoms with Gasteiger partial charge in [-0.05, 0) is 61.6 Å². The van der Waals surface area contributed by atoms with Crippen molar-refractivity contribution in [2.75, 3.05) is 17.1 Å². The molecule has 0 saturated heterocycles. The minimum Gasteiger partial charge on any atom is -0.352 e. The first-order chi connectivity index (χ1) is 17.4. The van der Waals surface area contributed by atoms with Crippen molar-refractivity contribution < 1.29 is 18.0 Å². The van der Waals surface area contributed by atoms with E-state index in [2.05, 4.69) is 5.32 Å². The Kier molecular flexibility index (Phi) is 10.1. The fourth-order valence-electron chi connectivity index (χ4n) is 4.58. The molecule has 1 aliphatic rings. The molecular formula is C26H32Cl3N3O4S. The van der Waals surface area contributed by atoms with E-state index in [1.807, 2.05) is 6.92 Å². The SMILES string of the molecule is CCC(C(=O)NC1CCCC1)N(Cc1ccc(Cl)c(Cl)c1)C(=O)CN(c1cccc(Cl)c1C)S(C)(=O)=O. The first-order valence-electron chi connectivity index (χ1n) is 12.2. The molecular weight excluding hydrogens is 557 g/mol. The topological polar surface area (TPSA) is 86.8 Å². The normalized spacial score (nSPS) is 14.9. The largest absolute Gasteiger partial charge is 0.352 e. The van der Waals surface area contributed by atoms with Gasteiger partial charge in [-0.3, -0.25) is 13.9 Å². The van der Waals surface area contributed by atoms with Crippen molar-refractivity contribution in [3.63, 3.8) is 0 Å². The average Bonchev–Trinajstić information content (AvgIpc) is 3.34. The predicted octanol–water partition coefficient (Wildman–Crippen LogP) is 5.59. The van der Waals surface area contributed by atoms with Crippen LogP contribution < -0.4 is 9.62 Å². The highest BCUT2D eigenvalue weighted by Gasteiger charge is 2.33. The van der Waals surface area contributed by atoms with Crippen LogP contribution in [0.2, 0.25) is 15.1 Å². The van der Waals surface area contributed by atoms with Crippen LogP contribution in [0, 0.1) is 6.92 Å². The summed E-state index contributed by atoms with van der Waals surface area (Å²) in [5.74, 6) is -0.781. The number of amides is 2. The second-order valence-electron chi connectivity index (χ2n) is 9.34.